The summed E-state index contributed by atoms with van der Waals surface area (Å²) in [5, 5.41) is 10.9. The molecule has 0 aromatic heterocycles. The molecule has 0 radical (unpaired) electrons. The lowest BCUT2D eigenvalue weighted by molar-refractivity contribution is -0.0762. The van der Waals surface area contributed by atoms with E-state index in [1.54, 1.807) is 7.11 Å². The second-order valence-electron chi connectivity index (χ2n) is 6.03. The van der Waals surface area contributed by atoms with Gasteiger partial charge in [0.05, 0.1) is 13.2 Å². The average Bonchev–Trinajstić information content (AvgIpc) is 2.46. The van der Waals surface area contributed by atoms with Gasteiger partial charge in [-0.1, -0.05) is 12.2 Å². The number of nitrogens with zero attached hydrogens (tertiary/aromatic N) is 1. The van der Waals surface area contributed by atoms with Crippen LogP contribution in [0.5, 0.6) is 11.5 Å². The Balaban J connectivity index is 2.42. The van der Waals surface area contributed by atoms with E-state index < -0.39 is 11.7 Å². The standard InChI is InChI=1S/C18H25NO3/c1-6-10-19(11-7-2)17-16(20)14-9-8-13(21-5)12-15(14)22-18(17,3)4/h6-9,12,16-17,20H,1-2,10-11H2,3-5H3. The molecule has 1 aromatic rings. The Bertz CT molecular complexity index is 543. The third-order valence-corrected chi connectivity index (χ3v) is 4.04. The average molecular weight is 303 g/mol. The molecule has 4 nitrogen and oxygen atoms in total. The monoisotopic (exact) mass is 303 g/mol. The Morgan fingerprint density at radius 3 is 2.50 bits per heavy atom. The summed E-state index contributed by atoms with van der Waals surface area (Å²) in [6, 6.07) is 5.33. The van der Waals surface area contributed by atoms with Gasteiger partial charge in [0.15, 0.2) is 0 Å². The van der Waals surface area contributed by atoms with Gasteiger partial charge in [0.2, 0.25) is 0 Å². The normalized spacial score (nSPS) is 22.6. The number of fused-ring (bicyclic) bond motifs is 1. The number of benzene rings is 1. The number of aliphatic hydroxyl groups excluding tert-OH is 1. The van der Waals surface area contributed by atoms with E-state index in [9.17, 15) is 5.11 Å². The first-order valence-corrected chi connectivity index (χ1v) is 7.45. The molecule has 0 saturated heterocycles. The predicted octanol–water partition coefficient (Wildman–Crippen LogP) is 2.94. The highest BCUT2D eigenvalue weighted by atomic mass is 16.5. The van der Waals surface area contributed by atoms with Gasteiger partial charge in [-0.25, -0.2) is 0 Å². The molecule has 0 spiro atoms. The zero-order valence-electron chi connectivity index (χ0n) is 13.6. The zero-order chi connectivity index (χ0) is 16.3. The lowest BCUT2D eigenvalue weighted by Crippen LogP contribution is -2.58. The summed E-state index contributed by atoms with van der Waals surface area (Å²) in [4.78, 5) is 2.12. The Labute approximate surface area is 132 Å². The van der Waals surface area contributed by atoms with Crippen molar-refractivity contribution in [3.8, 4) is 11.5 Å². The second-order valence-corrected chi connectivity index (χ2v) is 6.03. The quantitative estimate of drug-likeness (QED) is 0.821. The zero-order valence-corrected chi connectivity index (χ0v) is 13.6. The number of hydrogen-bond acceptors (Lipinski definition) is 4. The van der Waals surface area contributed by atoms with Gasteiger partial charge in [0, 0.05) is 24.7 Å². The van der Waals surface area contributed by atoms with E-state index in [2.05, 4.69) is 18.1 Å². The maximum atomic E-state index is 10.9. The first-order chi connectivity index (χ1) is 10.4. The van der Waals surface area contributed by atoms with Gasteiger partial charge in [0.1, 0.15) is 23.2 Å². The lowest BCUT2D eigenvalue weighted by Gasteiger charge is -2.47. The molecular weight excluding hydrogens is 278 g/mol. The van der Waals surface area contributed by atoms with Crippen LogP contribution >= 0.6 is 0 Å². The van der Waals surface area contributed by atoms with Crippen LogP contribution in [0.1, 0.15) is 25.5 Å². The third-order valence-electron chi connectivity index (χ3n) is 4.04. The highest BCUT2D eigenvalue weighted by molar-refractivity contribution is 5.45. The number of methoxy groups -OCH3 is 1. The molecule has 0 fully saturated rings. The number of aliphatic hydroxyl groups is 1. The van der Waals surface area contributed by atoms with Crippen LogP contribution in [0.25, 0.3) is 0 Å². The first kappa shape index (κ1) is 16.6. The number of hydrogen-bond donors (Lipinski definition) is 1. The number of ether oxygens (including phenoxy) is 2. The van der Waals surface area contributed by atoms with Crippen LogP contribution < -0.4 is 9.47 Å². The predicted molar refractivity (Wildman–Crippen MR) is 88.4 cm³/mol. The van der Waals surface area contributed by atoms with E-state index in [0.29, 0.717) is 24.6 Å². The van der Waals surface area contributed by atoms with Gasteiger partial charge >= 0.3 is 0 Å². The van der Waals surface area contributed by atoms with Crippen LogP contribution in [-0.4, -0.2) is 41.8 Å². The molecule has 120 valence electrons. The smallest absolute Gasteiger partial charge is 0.129 e. The minimum absolute atomic E-state index is 0.190. The van der Waals surface area contributed by atoms with Crippen molar-refractivity contribution < 1.29 is 14.6 Å². The molecule has 0 saturated carbocycles. The van der Waals surface area contributed by atoms with Crippen molar-refractivity contribution in [1.29, 1.82) is 0 Å². The largest absolute Gasteiger partial charge is 0.497 e. The summed E-state index contributed by atoms with van der Waals surface area (Å²) < 4.78 is 11.4. The molecule has 1 aliphatic rings. The molecule has 0 aliphatic carbocycles. The van der Waals surface area contributed by atoms with Crippen molar-refractivity contribution in [3.63, 3.8) is 0 Å². The van der Waals surface area contributed by atoms with Gasteiger partial charge in [-0.05, 0) is 26.0 Å². The molecule has 2 rings (SSSR count). The molecule has 0 amide bonds. The molecule has 1 N–H and O–H groups in total. The van der Waals surface area contributed by atoms with Crippen molar-refractivity contribution in [2.75, 3.05) is 20.2 Å². The van der Waals surface area contributed by atoms with E-state index >= 15 is 0 Å². The van der Waals surface area contributed by atoms with Crippen LogP contribution in [0.15, 0.2) is 43.5 Å². The lowest BCUT2D eigenvalue weighted by atomic mass is 9.84. The molecular formula is C18H25NO3. The van der Waals surface area contributed by atoms with Crippen molar-refractivity contribution in [1.82, 2.24) is 4.90 Å². The van der Waals surface area contributed by atoms with Crippen LogP contribution in [0.2, 0.25) is 0 Å². The van der Waals surface area contributed by atoms with Gasteiger partial charge in [-0.3, -0.25) is 4.90 Å². The van der Waals surface area contributed by atoms with Crippen LogP contribution in [0.3, 0.4) is 0 Å². The van der Waals surface area contributed by atoms with Gasteiger partial charge < -0.3 is 14.6 Å². The first-order valence-electron chi connectivity index (χ1n) is 7.45. The highest BCUT2D eigenvalue weighted by Gasteiger charge is 2.45. The minimum atomic E-state index is -0.649. The Hall–Kier alpha value is -1.78. The van der Waals surface area contributed by atoms with Gasteiger partial charge in [-0.15, -0.1) is 13.2 Å². The Kier molecular flexibility index (Phi) is 4.94. The van der Waals surface area contributed by atoms with Crippen LogP contribution in [-0.2, 0) is 0 Å². The Morgan fingerprint density at radius 1 is 1.32 bits per heavy atom. The molecule has 2 atom stereocenters. The van der Waals surface area contributed by atoms with Crippen molar-refractivity contribution >= 4 is 0 Å². The fraction of sp³-hybridized carbons (Fsp3) is 0.444. The molecule has 0 bridgehead atoms. The Morgan fingerprint density at radius 2 is 1.95 bits per heavy atom. The summed E-state index contributed by atoms with van der Waals surface area (Å²) >= 11 is 0. The minimum Gasteiger partial charge on any atom is -0.497 e. The van der Waals surface area contributed by atoms with E-state index in [-0.39, 0.29) is 6.04 Å². The topological polar surface area (TPSA) is 41.9 Å². The SMILES string of the molecule is C=CCN(CC=C)C1C(O)c2ccc(OC)cc2OC1(C)C. The summed E-state index contributed by atoms with van der Waals surface area (Å²) in [6.45, 7) is 12.9. The second kappa shape index (κ2) is 6.55. The molecule has 2 unspecified atom stereocenters. The summed E-state index contributed by atoms with van der Waals surface area (Å²) in [7, 11) is 1.62. The van der Waals surface area contributed by atoms with E-state index in [0.717, 1.165) is 5.56 Å². The summed E-state index contributed by atoms with van der Waals surface area (Å²) in [5.41, 5.74) is 0.230. The summed E-state index contributed by atoms with van der Waals surface area (Å²) in [6.07, 6.45) is 3.01. The maximum absolute atomic E-state index is 10.9. The summed E-state index contributed by atoms with van der Waals surface area (Å²) in [5.74, 6) is 1.39. The number of rotatable bonds is 6. The molecule has 4 heteroatoms. The third kappa shape index (κ3) is 3.03. The fourth-order valence-corrected chi connectivity index (χ4v) is 3.14. The molecule has 1 aliphatic heterocycles. The maximum Gasteiger partial charge on any atom is 0.129 e. The van der Waals surface area contributed by atoms with E-state index in [1.807, 2.05) is 44.2 Å². The van der Waals surface area contributed by atoms with Crippen molar-refractivity contribution in [2.45, 2.75) is 31.6 Å². The molecule has 22 heavy (non-hydrogen) atoms. The van der Waals surface area contributed by atoms with E-state index in [4.69, 9.17) is 9.47 Å². The van der Waals surface area contributed by atoms with Crippen LogP contribution in [0.4, 0.5) is 0 Å². The van der Waals surface area contributed by atoms with Gasteiger partial charge in [-0.2, -0.15) is 0 Å². The van der Waals surface area contributed by atoms with Crippen LogP contribution in [0, 0.1) is 0 Å². The highest BCUT2D eigenvalue weighted by Crippen LogP contribution is 2.43. The van der Waals surface area contributed by atoms with Gasteiger partial charge in [0.25, 0.3) is 0 Å². The van der Waals surface area contributed by atoms with E-state index in [1.165, 1.54) is 0 Å². The molecule has 1 heterocycles. The van der Waals surface area contributed by atoms with Crippen molar-refractivity contribution in [3.05, 3.63) is 49.1 Å². The fourth-order valence-electron chi connectivity index (χ4n) is 3.14. The molecule has 1 aromatic carbocycles. The van der Waals surface area contributed by atoms with Crippen molar-refractivity contribution in [2.24, 2.45) is 0 Å².